The first-order valence-electron chi connectivity index (χ1n) is 13.7. The van der Waals surface area contributed by atoms with Crippen molar-refractivity contribution in [2.24, 2.45) is 0 Å². The first-order chi connectivity index (χ1) is 17.2. The Bertz CT molecular complexity index is 976. The molecule has 35 heavy (non-hydrogen) atoms. The summed E-state index contributed by atoms with van der Waals surface area (Å²) in [7, 11) is 0. The third kappa shape index (κ3) is 5.01. The van der Waals surface area contributed by atoms with E-state index in [1.165, 1.54) is 43.6 Å². The van der Waals surface area contributed by atoms with E-state index < -0.39 is 0 Å². The predicted molar refractivity (Wildman–Crippen MR) is 141 cm³/mol. The fourth-order valence-corrected chi connectivity index (χ4v) is 6.35. The second kappa shape index (κ2) is 9.98. The smallest absolute Gasteiger partial charge is 0.131 e. The Hall–Kier alpha value is -2.31. The van der Waals surface area contributed by atoms with E-state index in [0.717, 1.165) is 76.1 Å². The Labute approximate surface area is 210 Å². The van der Waals surface area contributed by atoms with Crippen LogP contribution >= 0.6 is 0 Å². The van der Waals surface area contributed by atoms with Crippen LogP contribution in [0.2, 0.25) is 0 Å². The largest absolute Gasteiger partial charge is 0.490 e. The number of aryl methyl sites for hydroxylation is 1. The molecule has 1 spiro atoms. The molecule has 1 aliphatic carbocycles. The van der Waals surface area contributed by atoms with Gasteiger partial charge in [-0.1, -0.05) is 12.5 Å². The van der Waals surface area contributed by atoms with Crippen molar-refractivity contribution < 1.29 is 9.47 Å². The number of nitrogens with zero attached hydrogens (tertiary/aromatic N) is 4. The molecule has 0 amide bonds. The number of benzene rings is 1. The third-order valence-corrected chi connectivity index (χ3v) is 8.78. The molecule has 6 rings (SSSR count). The number of pyridine rings is 1. The van der Waals surface area contributed by atoms with Crippen LogP contribution in [0.5, 0.6) is 5.75 Å². The Balaban J connectivity index is 1.01. The lowest BCUT2D eigenvalue weighted by Gasteiger charge is -2.48. The highest BCUT2D eigenvalue weighted by Crippen LogP contribution is 2.35. The van der Waals surface area contributed by atoms with Gasteiger partial charge in [-0.3, -0.25) is 0 Å². The van der Waals surface area contributed by atoms with Gasteiger partial charge in [0.1, 0.15) is 17.7 Å². The number of likely N-dealkylation sites (tertiary alicyclic amines) is 1. The minimum absolute atomic E-state index is 0.0594. The number of hydrogen-bond acceptors (Lipinski definition) is 6. The van der Waals surface area contributed by atoms with Crippen molar-refractivity contribution in [2.75, 3.05) is 55.7 Å². The molecule has 6 nitrogen and oxygen atoms in total. The molecule has 0 N–H and O–H groups in total. The van der Waals surface area contributed by atoms with Gasteiger partial charge in [0.2, 0.25) is 0 Å². The first kappa shape index (κ1) is 23.1. The van der Waals surface area contributed by atoms with Gasteiger partial charge in [-0.2, -0.15) is 0 Å². The van der Waals surface area contributed by atoms with Gasteiger partial charge in [0.25, 0.3) is 0 Å². The van der Waals surface area contributed by atoms with E-state index in [1.54, 1.807) is 0 Å². The molecule has 4 fully saturated rings. The molecule has 4 heterocycles. The number of morpholine rings is 1. The van der Waals surface area contributed by atoms with E-state index in [2.05, 4.69) is 56.9 Å². The number of anilines is 2. The van der Waals surface area contributed by atoms with Crippen molar-refractivity contribution in [1.29, 1.82) is 0 Å². The average Bonchev–Trinajstić information content (AvgIpc) is 2.86. The molecule has 1 aromatic heterocycles. The third-order valence-electron chi connectivity index (χ3n) is 8.78. The highest BCUT2D eigenvalue weighted by Gasteiger charge is 2.40. The minimum atomic E-state index is -0.0594. The first-order valence-corrected chi connectivity index (χ1v) is 13.7. The molecule has 6 heteroatoms. The van der Waals surface area contributed by atoms with Gasteiger partial charge in [0, 0.05) is 57.2 Å². The van der Waals surface area contributed by atoms with Crippen LogP contribution in [0.25, 0.3) is 0 Å². The maximum Gasteiger partial charge on any atom is 0.131 e. The quantitative estimate of drug-likeness (QED) is 0.625. The maximum atomic E-state index is 6.40. The summed E-state index contributed by atoms with van der Waals surface area (Å²) in [6.45, 7) is 9.23. The molecule has 1 saturated carbocycles. The van der Waals surface area contributed by atoms with Crippen molar-refractivity contribution in [1.82, 2.24) is 9.88 Å². The van der Waals surface area contributed by atoms with Crippen molar-refractivity contribution in [3.05, 3.63) is 48.2 Å². The van der Waals surface area contributed by atoms with Crippen LogP contribution in [0.1, 0.15) is 50.5 Å². The van der Waals surface area contributed by atoms with Crippen molar-refractivity contribution in [3.63, 3.8) is 0 Å². The van der Waals surface area contributed by atoms with Gasteiger partial charge in [0.05, 0.1) is 12.2 Å². The van der Waals surface area contributed by atoms with Crippen molar-refractivity contribution in [2.45, 2.75) is 69.6 Å². The van der Waals surface area contributed by atoms with Gasteiger partial charge in [-0.05, 0) is 81.3 Å². The molecule has 3 saturated heterocycles. The zero-order valence-electron chi connectivity index (χ0n) is 21.2. The molecule has 0 bridgehead atoms. The van der Waals surface area contributed by atoms with E-state index >= 15 is 0 Å². The van der Waals surface area contributed by atoms with Gasteiger partial charge in [-0.25, -0.2) is 4.98 Å². The standard InChI is InChI=1S/C29H40N4O2/c1-23-4-3-15-30-28(23)33-20-21-34-29(22-33)13-18-32(19-14-29)25-7-9-26(10-8-25)35-27-11-16-31(17-12-27)24-5-2-6-24/h3-4,7-10,15,24,27H,2,5-6,11-14,16-22H2,1H3. The summed E-state index contributed by atoms with van der Waals surface area (Å²) >= 11 is 0. The summed E-state index contributed by atoms with van der Waals surface area (Å²) in [5.74, 6) is 2.13. The van der Waals surface area contributed by atoms with Gasteiger partial charge < -0.3 is 24.2 Å². The summed E-state index contributed by atoms with van der Waals surface area (Å²) in [5.41, 5.74) is 2.48. The van der Waals surface area contributed by atoms with E-state index in [1.807, 2.05) is 12.3 Å². The maximum absolute atomic E-state index is 6.40. The van der Waals surface area contributed by atoms with Gasteiger partial charge in [-0.15, -0.1) is 0 Å². The Morgan fingerprint density at radius 1 is 0.914 bits per heavy atom. The van der Waals surface area contributed by atoms with E-state index in [-0.39, 0.29) is 5.60 Å². The summed E-state index contributed by atoms with van der Waals surface area (Å²) < 4.78 is 12.8. The molecule has 1 aromatic carbocycles. The summed E-state index contributed by atoms with van der Waals surface area (Å²) in [6, 6.07) is 13.8. The summed E-state index contributed by atoms with van der Waals surface area (Å²) in [5, 5.41) is 0. The number of hydrogen-bond donors (Lipinski definition) is 0. The number of ether oxygens (including phenoxy) is 2. The molecule has 2 aromatic rings. The molecule has 0 unspecified atom stereocenters. The van der Waals surface area contributed by atoms with E-state index in [4.69, 9.17) is 9.47 Å². The minimum Gasteiger partial charge on any atom is -0.490 e. The average molecular weight is 477 g/mol. The zero-order chi connectivity index (χ0) is 23.7. The highest BCUT2D eigenvalue weighted by molar-refractivity contribution is 5.50. The molecule has 4 aliphatic rings. The van der Waals surface area contributed by atoms with Crippen LogP contribution in [-0.2, 0) is 4.74 Å². The SMILES string of the molecule is Cc1cccnc1N1CCOC2(CCN(c3ccc(OC4CCN(C5CCC5)CC4)cc3)CC2)C1. The number of aromatic nitrogens is 1. The van der Waals surface area contributed by atoms with Crippen molar-refractivity contribution >= 4 is 11.5 Å². The fourth-order valence-electron chi connectivity index (χ4n) is 6.35. The predicted octanol–water partition coefficient (Wildman–Crippen LogP) is 4.66. The molecular weight excluding hydrogens is 436 g/mol. The second-order valence-corrected chi connectivity index (χ2v) is 11.0. The molecule has 188 valence electrons. The normalized spacial score (nSPS) is 23.9. The van der Waals surface area contributed by atoms with Crippen LogP contribution in [0.3, 0.4) is 0 Å². The van der Waals surface area contributed by atoms with Crippen LogP contribution in [0.4, 0.5) is 11.5 Å². The topological polar surface area (TPSA) is 41.1 Å². The monoisotopic (exact) mass is 476 g/mol. The lowest BCUT2D eigenvalue weighted by molar-refractivity contribution is -0.0706. The van der Waals surface area contributed by atoms with Crippen LogP contribution in [-0.4, -0.2) is 73.5 Å². The van der Waals surface area contributed by atoms with E-state index in [9.17, 15) is 0 Å². The molecule has 3 aliphatic heterocycles. The number of piperidine rings is 2. The van der Waals surface area contributed by atoms with Crippen molar-refractivity contribution in [3.8, 4) is 5.75 Å². The number of rotatable bonds is 5. The fraction of sp³-hybridized carbons (Fsp3) is 0.621. The lowest BCUT2D eigenvalue weighted by Crippen LogP contribution is -2.57. The Morgan fingerprint density at radius 3 is 2.37 bits per heavy atom. The zero-order valence-corrected chi connectivity index (χ0v) is 21.2. The van der Waals surface area contributed by atoms with E-state index in [0.29, 0.717) is 6.10 Å². The molecule has 0 radical (unpaired) electrons. The second-order valence-electron chi connectivity index (χ2n) is 11.0. The van der Waals surface area contributed by atoms with Gasteiger partial charge >= 0.3 is 0 Å². The summed E-state index contributed by atoms with van der Waals surface area (Å²) in [6.07, 6.45) is 10.9. The Kier molecular flexibility index (Phi) is 6.59. The van der Waals surface area contributed by atoms with Crippen LogP contribution in [0, 0.1) is 6.92 Å². The molecular formula is C29H40N4O2. The Morgan fingerprint density at radius 2 is 1.69 bits per heavy atom. The molecule has 0 atom stereocenters. The van der Waals surface area contributed by atoms with Crippen LogP contribution in [0.15, 0.2) is 42.6 Å². The van der Waals surface area contributed by atoms with Gasteiger partial charge in [0.15, 0.2) is 0 Å². The summed E-state index contributed by atoms with van der Waals surface area (Å²) in [4.78, 5) is 12.3. The van der Waals surface area contributed by atoms with Crippen LogP contribution < -0.4 is 14.5 Å². The lowest BCUT2D eigenvalue weighted by atomic mass is 9.89. The highest BCUT2D eigenvalue weighted by atomic mass is 16.5.